The van der Waals surface area contributed by atoms with Crippen molar-refractivity contribution in [2.75, 3.05) is 60.8 Å². The maximum Gasteiger partial charge on any atom is 0.404 e. The summed E-state index contributed by atoms with van der Waals surface area (Å²) in [6.07, 6.45) is 4.54. The molecule has 17 nitrogen and oxygen atoms in total. The lowest BCUT2D eigenvalue weighted by Crippen LogP contribution is -2.42. The molecule has 0 spiro atoms. The van der Waals surface area contributed by atoms with Crippen LogP contribution in [0.25, 0.3) is 10.1 Å². The SMILES string of the molecule is C=O.CC.CC.CC(C)(C)C.CC(C)(C)C(=O)OCOP(=O)(O)C(F)(F)c1ccc2sc(C(N)=O)cc2c1.CN1CC(c2ccccc2)[C@@H](C#N)C1.COC.O=CN1CCC(=O)N2CCC[C@@H]2CC1.O=CO. The highest BCUT2D eigenvalue weighted by Gasteiger charge is 2.53. The molecule has 1 aromatic heterocycles. The molecule has 3 aromatic rings. The van der Waals surface area contributed by atoms with Gasteiger partial charge in [0, 0.05) is 75.6 Å². The number of carbonyl (C=O) groups is 6. The molecule has 4 heterocycles. The first-order valence-corrected chi connectivity index (χ1v) is 25.9. The average molecular weight is 1060 g/mol. The molecule has 2 aromatic carbocycles. The molecule has 408 valence electrons. The Labute approximate surface area is 430 Å². The van der Waals surface area contributed by atoms with Gasteiger partial charge in [-0.1, -0.05) is 91.8 Å². The Balaban J connectivity index is -0.000000897. The van der Waals surface area contributed by atoms with E-state index in [-0.39, 0.29) is 28.6 Å². The number of carboxylic acid groups (broad SMARTS) is 1. The number of primary amides is 1. The van der Waals surface area contributed by atoms with Crippen LogP contribution < -0.4 is 5.73 Å². The number of likely N-dealkylation sites (tertiary alicyclic amines) is 1. The molecule has 6 rings (SSSR count). The van der Waals surface area contributed by atoms with E-state index in [1.54, 1.807) is 19.1 Å². The first-order valence-electron chi connectivity index (χ1n) is 23.5. The van der Waals surface area contributed by atoms with E-state index in [9.17, 15) is 37.4 Å². The summed E-state index contributed by atoms with van der Waals surface area (Å²) in [5.41, 5.74) is 0.989. The minimum atomic E-state index is -5.51. The molecular weight excluding hydrogens is 976 g/mol. The molecule has 3 saturated heterocycles. The smallest absolute Gasteiger partial charge is 0.404 e. The van der Waals surface area contributed by atoms with E-state index >= 15 is 0 Å². The Hall–Kier alpha value is -5.16. The summed E-state index contributed by atoms with van der Waals surface area (Å²) in [5.74, 6) is -0.710. The van der Waals surface area contributed by atoms with Gasteiger partial charge in [-0.25, -0.2) is 0 Å². The number of hydrogen-bond acceptors (Lipinski definition) is 13. The van der Waals surface area contributed by atoms with Gasteiger partial charge in [0.25, 0.3) is 12.4 Å². The number of amides is 3. The number of halogens is 2. The second-order valence-corrected chi connectivity index (χ2v) is 21.2. The molecule has 3 amide bonds. The van der Waals surface area contributed by atoms with Crippen molar-refractivity contribution in [1.82, 2.24) is 14.7 Å². The summed E-state index contributed by atoms with van der Waals surface area (Å²) in [6.45, 7) is 26.2. The molecule has 3 aliphatic rings. The van der Waals surface area contributed by atoms with Gasteiger partial charge in [-0.15, -0.1) is 11.3 Å². The summed E-state index contributed by atoms with van der Waals surface area (Å²) < 4.78 is 54.7. The predicted octanol–water partition coefficient (Wildman–Crippen LogP) is 9.77. The van der Waals surface area contributed by atoms with E-state index in [0.29, 0.717) is 35.0 Å². The number of methoxy groups -OCH3 is 1. The van der Waals surface area contributed by atoms with Gasteiger partial charge in [0.15, 0.2) is 0 Å². The molecule has 0 aliphatic carbocycles. The Morgan fingerprint density at radius 3 is 1.97 bits per heavy atom. The second-order valence-electron chi connectivity index (χ2n) is 18.3. The number of rotatable bonds is 8. The van der Waals surface area contributed by atoms with Crippen molar-refractivity contribution in [3.63, 3.8) is 0 Å². The number of alkyl halides is 2. The third-order valence-corrected chi connectivity index (χ3v) is 12.2. The van der Waals surface area contributed by atoms with Gasteiger partial charge >= 0.3 is 19.2 Å². The van der Waals surface area contributed by atoms with Gasteiger partial charge in [-0.05, 0) is 81.6 Å². The number of carbonyl (C=O) groups excluding carboxylic acids is 5. The van der Waals surface area contributed by atoms with Gasteiger partial charge in [0.1, 0.15) is 6.79 Å². The van der Waals surface area contributed by atoms with Gasteiger partial charge in [-0.3, -0.25) is 33.1 Å². The Bertz CT molecular complexity index is 2110. The molecule has 2 unspecified atom stereocenters. The third kappa shape index (κ3) is 26.5. The first kappa shape index (κ1) is 71.1. The normalized spacial score (nSPS) is 17.8. The molecule has 4 N–H and O–H groups in total. The highest BCUT2D eigenvalue weighted by molar-refractivity contribution is 7.53. The second kappa shape index (κ2) is 36.7. The van der Waals surface area contributed by atoms with Crippen LogP contribution in [-0.2, 0) is 48.2 Å². The van der Waals surface area contributed by atoms with Crippen LogP contribution in [0.5, 0.6) is 0 Å². The van der Waals surface area contributed by atoms with E-state index in [2.05, 4.69) is 71.8 Å². The minimum absolute atomic E-state index is 0.155. The van der Waals surface area contributed by atoms with Crippen LogP contribution in [0, 0.1) is 28.1 Å². The molecule has 0 saturated carbocycles. The Morgan fingerprint density at radius 2 is 1.49 bits per heavy atom. The van der Waals surface area contributed by atoms with Crippen LogP contribution in [0.3, 0.4) is 0 Å². The monoisotopic (exact) mass is 1060 g/mol. The predicted molar refractivity (Wildman–Crippen MR) is 280 cm³/mol. The van der Waals surface area contributed by atoms with Gasteiger partial charge < -0.3 is 44.7 Å². The molecular formula is C51H82F2N5O12PS. The maximum absolute atomic E-state index is 14.5. The van der Waals surface area contributed by atoms with Crippen LogP contribution in [0.15, 0.2) is 54.6 Å². The lowest BCUT2D eigenvalue weighted by molar-refractivity contribution is -0.160. The number of likely N-dealkylation sites (N-methyl/N-ethyl adjacent to an activating group) is 1. The maximum atomic E-state index is 14.5. The topological polar surface area (TPSA) is 247 Å². The van der Waals surface area contributed by atoms with Crippen molar-refractivity contribution in [3.8, 4) is 6.07 Å². The number of nitrogens with two attached hydrogens (primary N) is 1. The number of fused-ring (bicyclic) bond motifs is 2. The van der Waals surface area contributed by atoms with Gasteiger partial charge in [0.2, 0.25) is 19.1 Å². The fourth-order valence-electron chi connectivity index (χ4n) is 6.51. The van der Waals surface area contributed by atoms with Crippen LogP contribution in [0.4, 0.5) is 8.78 Å². The molecule has 4 atom stereocenters. The van der Waals surface area contributed by atoms with Crippen molar-refractivity contribution in [2.24, 2.45) is 22.5 Å². The minimum Gasteiger partial charge on any atom is -0.483 e. The van der Waals surface area contributed by atoms with E-state index < -0.39 is 42.9 Å². The lowest BCUT2D eigenvalue weighted by Gasteiger charge is -2.30. The number of nitrogens with zero attached hydrogens (tertiary/aromatic N) is 4. The van der Waals surface area contributed by atoms with Crippen LogP contribution in [0.2, 0.25) is 0 Å². The Morgan fingerprint density at radius 1 is 0.944 bits per heavy atom. The molecule has 0 radical (unpaired) electrons. The highest BCUT2D eigenvalue weighted by Crippen LogP contribution is 2.63. The van der Waals surface area contributed by atoms with Crippen molar-refractivity contribution >= 4 is 66.5 Å². The zero-order chi connectivity index (χ0) is 56.5. The van der Waals surface area contributed by atoms with E-state index in [1.165, 1.54) is 38.5 Å². The fraction of sp³-hybridized carbons (Fsp3) is 0.588. The van der Waals surface area contributed by atoms with E-state index in [4.69, 9.17) is 25.7 Å². The standard InChI is InChI=1S/C16H18F2NO6PS.C12H14N2.C10H16N2O2.C5H12.C2H6O.2C2H6.CH2O2.CH2O/c1-15(2,3)14(21)24-8-25-26(22,23)16(17,18)10-4-5-11-9(6-10)7-12(27-11)13(19)20;1-14-8-11(7-13)12(9-14)10-5-3-2-4-6-10;13-8-11-6-3-9-2-1-5-12(9)10(14)4-7-11;1-5(2,3)4;1-3-2;2*1-2;2-1-3;1-2/h4-7H,8H2,1-3H3,(H2,19,20)(H,22,23);2-6,11-12H,8-9H2,1H3;8-9H,1-7H2;1-4H3;1-2H3;2*1-2H3;1H,(H,2,3);1H2/t;11-,12?;9-;;;;;;/m.01....../s1. The molecule has 72 heavy (non-hydrogen) atoms. The van der Waals surface area contributed by atoms with Gasteiger partial charge in [-0.2, -0.15) is 14.0 Å². The summed E-state index contributed by atoms with van der Waals surface area (Å²) >= 11 is 1.01. The van der Waals surface area contributed by atoms with E-state index in [1.807, 2.05) is 57.6 Å². The number of nitriles is 1. The summed E-state index contributed by atoms with van der Waals surface area (Å²) in [6, 6.07) is 17.7. The van der Waals surface area contributed by atoms with Gasteiger partial charge in [0.05, 0.1) is 22.3 Å². The summed E-state index contributed by atoms with van der Waals surface area (Å²) in [7, 11) is -0.188. The van der Waals surface area contributed by atoms with Crippen LogP contribution in [-0.4, -0.2) is 129 Å². The number of benzene rings is 2. The number of thiophene rings is 1. The number of ether oxygens (including phenoxy) is 2. The van der Waals surface area contributed by atoms with Crippen molar-refractivity contribution in [2.45, 2.75) is 119 Å². The molecule has 0 bridgehead atoms. The number of esters is 1. The Kier molecular flexibility index (Phi) is 36.2. The average Bonchev–Trinajstić information content (AvgIpc) is 4.09. The summed E-state index contributed by atoms with van der Waals surface area (Å²) in [5, 5.41) is 16.2. The lowest BCUT2D eigenvalue weighted by atomic mass is 9.90. The van der Waals surface area contributed by atoms with Crippen molar-refractivity contribution in [3.05, 3.63) is 70.6 Å². The number of hydrogen-bond donors (Lipinski definition) is 3. The van der Waals surface area contributed by atoms with Crippen molar-refractivity contribution < 1.29 is 66.1 Å². The molecule has 21 heteroatoms. The van der Waals surface area contributed by atoms with Crippen LogP contribution >= 0.6 is 18.9 Å². The zero-order valence-electron chi connectivity index (χ0n) is 44.8. The molecule has 3 aliphatic heterocycles. The van der Waals surface area contributed by atoms with E-state index in [0.717, 1.165) is 75.3 Å². The quantitative estimate of drug-likeness (QED) is 0.0823. The van der Waals surface area contributed by atoms with Crippen LogP contribution in [0.1, 0.15) is 129 Å². The first-order chi connectivity index (χ1) is 33.7. The highest BCUT2D eigenvalue weighted by atomic mass is 32.1. The third-order valence-electron chi connectivity index (χ3n) is 9.60. The van der Waals surface area contributed by atoms with Crippen molar-refractivity contribution in [1.29, 1.82) is 5.26 Å². The summed E-state index contributed by atoms with van der Waals surface area (Å²) in [4.78, 5) is 77.3. The molecule has 3 fully saturated rings. The largest absolute Gasteiger partial charge is 0.483 e. The fourth-order valence-corrected chi connectivity index (χ4v) is 8.23. The zero-order valence-corrected chi connectivity index (χ0v) is 46.5.